The highest BCUT2D eigenvalue weighted by Gasteiger charge is 2.30. The van der Waals surface area contributed by atoms with Crippen LogP contribution in [0, 0.1) is 6.92 Å². The molecule has 2 aromatic carbocycles. The Morgan fingerprint density at radius 2 is 1.72 bits per heavy atom. The predicted octanol–water partition coefficient (Wildman–Crippen LogP) is 3.66. The van der Waals surface area contributed by atoms with E-state index in [2.05, 4.69) is 11.0 Å². The summed E-state index contributed by atoms with van der Waals surface area (Å²) < 4.78 is 21.7. The van der Waals surface area contributed by atoms with Crippen molar-refractivity contribution < 1.29 is 23.7 Å². The van der Waals surface area contributed by atoms with Crippen LogP contribution in [0.3, 0.4) is 0 Å². The number of carbonyl (C=O) groups excluding carboxylic acids is 1. The Hall–Kier alpha value is -2.77. The number of rotatable bonds is 9. The highest BCUT2D eigenvalue weighted by Crippen LogP contribution is 2.40. The van der Waals surface area contributed by atoms with Gasteiger partial charge < -0.3 is 23.8 Å². The van der Waals surface area contributed by atoms with Gasteiger partial charge in [-0.15, -0.1) is 0 Å². The van der Waals surface area contributed by atoms with Crippen molar-refractivity contribution in [2.45, 2.75) is 32.4 Å². The van der Waals surface area contributed by atoms with Gasteiger partial charge in [0.15, 0.2) is 11.5 Å². The van der Waals surface area contributed by atoms with Crippen LogP contribution in [-0.4, -0.2) is 65.0 Å². The minimum atomic E-state index is -0.00175. The Bertz CT molecular complexity index is 909. The summed E-state index contributed by atoms with van der Waals surface area (Å²) in [6, 6.07) is 12.2. The van der Waals surface area contributed by atoms with Crippen LogP contribution in [0.15, 0.2) is 36.4 Å². The summed E-state index contributed by atoms with van der Waals surface area (Å²) in [7, 11) is 6.44. The fourth-order valence-electron chi connectivity index (χ4n) is 4.39. The molecule has 1 aliphatic heterocycles. The van der Waals surface area contributed by atoms with Crippen LogP contribution in [0.4, 0.5) is 5.69 Å². The van der Waals surface area contributed by atoms with Crippen molar-refractivity contribution >= 4 is 11.6 Å². The van der Waals surface area contributed by atoms with Gasteiger partial charge in [-0.25, -0.2) is 0 Å². The lowest BCUT2D eigenvalue weighted by molar-refractivity contribution is -0.122. The lowest BCUT2D eigenvalue weighted by Gasteiger charge is -2.38. The van der Waals surface area contributed by atoms with E-state index >= 15 is 0 Å². The van der Waals surface area contributed by atoms with Crippen LogP contribution < -0.4 is 19.1 Å². The molecule has 174 valence electrons. The molecule has 1 amide bonds. The lowest BCUT2D eigenvalue weighted by atomic mass is 10.0. The van der Waals surface area contributed by atoms with E-state index in [1.807, 2.05) is 42.2 Å². The van der Waals surface area contributed by atoms with Gasteiger partial charge in [-0.3, -0.25) is 9.69 Å². The summed E-state index contributed by atoms with van der Waals surface area (Å²) in [5.41, 5.74) is 3.12. The van der Waals surface area contributed by atoms with E-state index in [9.17, 15) is 4.79 Å². The Labute approximate surface area is 190 Å². The molecule has 0 aromatic heterocycles. The van der Waals surface area contributed by atoms with E-state index in [0.29, 0.717) is 17.2 Å². The third kappa shape index (κ3) is 5.34. The van der Waals surface area contributed by atoms with Crippen molar-refractivity contribution in [3.05, 3.63) is 47.5 Å². The van der Waals surface area contributed by atoms with Gasteiger partial charge >= 0.3 is 0 Å². The average Bonchev–Trinajstić information content (AvgIpc) is 2.80. The fraction of sp³-hybridized carbons (Fsp3) is 0.480. The molecule has 0 saturated carbocycles. The average molecular weight is 443 g/mol. The number of nitrogens with zero attached hydrogens (tertiary/aromatic N) is 2. The third-order valence-electron chi connectivity index (χ3n) is 5.92. The summed E-state index contributed by atoms with van der Waals surface area (Å²) in [6.07, 6.45) is 1.78. The molecule has 7 nitrogen and oxygen atoms in total. The van der Waals surface area contributed by atoms with Gasteiger partial charge in [-0.2, -0.15) is 0 Å². The van der Waals surface area contributed by atoms with E-state index in [1.54, 1.807) is 28.4 Å². The highest BCUT2D eigenvalue weighted by atomic mass is 16.5. The molecule has 0 spiro atoms. The van der Waals surface area contributed by atoms with Crippen LogP contribution in [0.1, 0.15) is 24.0 Å². The number of ether oxygens (including phenoxy) is 4. The Balaban J connectivity index is 1.73. The van der Waals surface area contributed by atoms with Crippen molar-refractivity contribution in [1.82, 2.24) is 4.90 Å². The monoisotopic (exact) mass is 442 g/mol. The number of methoxy groups -OCH3 is 4. The maximum absolute atomic E-state index is 12.9. The molecular weight excluding hydrogens is 408 g/mol. The SMILES string of the molecule is COCC(=O)N(c1cccc(C)c1)C1CCN(Cc2ccc(OC)c(OC)c2OC)CC1. The van der Waals surface area contributed by atoms with Crippen molar-refractivity contribution in [2.75, 3.05) is 53.0 Å². The number of benzene rings is 2. The number of amides is 1. The van der Waals surface area contributed by atoms with Crippen LogP contribution in [0.2, 0.25) is 0 Å². The topological polar surface area (TPSA) is 60.5 Å². The van der Waals surface area contributed by atoms with Crippen molar-refractivity contribution in [1.29, 1.82) is 0 Å². The van der Waals surface area contributed by atoms with Crippen molar-refractivity contribution in [3.63, 3.8) is 0 Å². The number of piperidine rings is 1. The number of aryl methyl sites for hydroxylation is 1. The number of carbonyl (C=O) groups is 1. The Kier molecular flexibility index (Phi) is 8.36. The van der Waals surface area contributed by atoms with Gasteiger partial charge in [0.2, 0.25) is 5.75 Å². The second-order valence-electron chi connectivity index (χ2n) is 8.04. The van der Waals surface area contributed by atoms with E-state index in [-0.39, 0.29) is 18.6 Å². The Morgan fingerprint density at radius 3 is 2.31 bits per heavy atom. The normalized spacial score (nSPS) is 14.8. The zero-order chi connectivity index (χ0) is 23.1. The molecular formula is C25H34N2O5. The van der Waals surface area contributed by atoms with Gasteiger partial charge in [0.05, 0.1) is 21.3 Å². The molecule has 32 heavy (non-hydrogen) atoms. The van der Waals surface area contributed by atoms with Gasteiger partial charge in [-0.1, -0.05) is 18.2 Å². The van der Waals surface area contributed by atoms with Gasteiger partial charge in [0.25, 0.3) is 5.91 Å². The molecule has 0 unspecified atom stereocenters. The summed E-state index contributed by atoms with van der Waals surface area (Å²) >= 11 is 0. The predicted molar refractivity (Wildman–Crippen MR) is 125 cm³/mol. The van der Waals surface area contributed by atoms with Gasteiger partial charge in [0.1, 0.15) is 6.61 Å². The minimum Gasteiger partial charge on any atom is -0.493 e. The molecule has 0 bridgehead atoms. The van der Waals surface area contributed by atoms with Crippen LogP contribution >= 0.6 is 0 Å². The maximum atomic E-state index is 12.9. The van der Waals surface area contributed by atoms with Gasteiger partial charge in [-0.05, 0) is 43.5 Å². The molecule has 1 aliphatic rings. The molecule has 0 N–H and O–H groups in total. The first-order valence-corrected chi connectivity index (χ1v) is 10.9. The zero-order valence-corrected chi connectivity index (χ0v) is 19.7. The number of likely N-dealkylation sites (tertiary alicyclic amines) is 1. The first-order chi connectivity index (χ1) is 15.5. The highest BCUT2D eigenvalue weighted by molar-refractivity contribution is 5.95. The van der Waals surface area contributed by atoms with Gasteiger partial charge in [0, 0.05) is 44.0 Å². The van der Waals surface area contributed by atoms with E-state index in [0.717, 1.165) is 49.3 Å². The summed E-state index contributed by atoms with van der Waals surface area (Å²) in [5.74, 6) is 1.96. The standard InChI is InChI=1S/C25H34N2O5/c1-18-7-6-8-21(15-18)27(23(28)17-29-2)20-11-13-26(14-12-20)16-19-9-10-22(30-3)25(32-5)24(19)31-4/h6-10,15,20H,11-14,16-17H2,1-5H3. The van der Waals surface area contributed by atoms with E-state index < -0.39 is 0 Å². The lowest BCUT2D eigenvalue weighted by Crippen LogP contribution is -2.48. The fourth-order valence-corrected chi connectivity index (χ4v) is 4.39. The molecule has 2 aromatic rings. The van der Waals surface area contributed by atoms with Crippen LogP contribution in [-0.2, 0) is 16.1 Å². The molecule has 7 heteroatoms. The third-order valence-corrected chi connectivity index (χ3v) is 5.92. The molecule has 0 radical (unpaired) electrons. The smallest absolute Gasteiger partial charge is 0.253 e. The first-order valence-electron chi connectivity index (χ1n) is 10.9. The molecule has 1 fully saturated rings. The second kappa shape index (κ2) is 11.2. The van der Waals surface area contributed by atoms with Crippen LogP contribution in [0.5, 0.6) is 17.2 Å². The molecule has 3 rings (SSSR count). The van der Waals surface area contributed by atoms with E-state index in [4.69, 9.17) is 18.9 Å². The second-order valence-corrected chi connectivity index (χ2v) is 8.04. The molecule has 0 atom stereocenters. The molecule has 0 aliphatic carbocycles. The van der Waals surface area contributed by atoms with Crippen molar-refractivity contribution in [3.8, 4) is 17.2 Å². The summed E-state index contributed by atoms with van der Waals surface area (Å²) in [4.78, 5) is 17.2. The number of anilines is 1. The first kappa shape index (κ1) is 23.9. The minimum absolute atomic E-state index is 0.00175. The number of hydrogen-bond donors (Lipinski definition) is 0. The number of hydrogen-bond acceptors (Lipinski definition) is 6. The Morgan fingerprint density at radius 1 is 1.00 bits per heavy atom. The largest absolute Gasteiger partial charge is 0.493 e. The molecule has 1 saturated heterocycles. The van der Waals surface area contributed by atoms with Crippen LogP contribution in [0.25, 0.3) is 0 Å². The van der Waals surface area contributed by atoms with E-state index in [1.165, 1.54) is 0 Å². The molecule has 1 heterocycles. The quantitative estimate of drug-likeness (QED) is 0.591. The maximum Gasteiger partial charge on any atom is 0.253 e. The van der Waals surface area contributed by atoms with Crippen molar-refractivity contribution in [2.24, 2.45) is 0 Å². The summed E-state index contributed by atoms with van der Waals surface area (Å²) in [5, 5.41) is 0. The summed E-state index contributed by atoms with van der Waals surface area (Å²) in [6.45, 7) is 4.63. The zero-order valence-electron chi connectivity index (χ0n) is 19.7.